The molecule has 0 aliphatic carbocycles. The van der Waals surface area contributed by atoms with Crippen LogP contribution < -0.4 is 14.8 Å². The zero-order valence-electron chi connectivity index (χ0n) is 74.3. The highest BCUT2D eigenvalue weighted by molar-refractivity contribution is 7.89. The number of halogens is 2. The second kappa shape index (κ2) is 78.3. The molecule has 42 heteroatoms. The molecule has 127 heavy (non-hydrogen) atoms. The summed E-state index contributed by atoms with van der Waals surface area (Å²) in [5.41, 5.74) is 3.50. The van der Waals surface area contributed by atoms with Crippen LogP contribution in [0.2, 0.25) is 10.0 Å². The lowest BCUT2D eigenvalue weighted by molar-refractivity contribution is -0.142. The van der Waals surface area contributed by atoms with Gasteiger partial charge in [0.25, 0.3) is 0 Å². The maximum absolute atomic E-state index is 13.6. The van der Waals surface area contributed by atoms with Crippen molar-refractivity contribution in [1.82, 2.24) is 24.6 Å². The molecule has 728 valence electrons. The van der Waals surface area contributed by atoms with E-state index >= 15 is 0 Å². The van der Waals surface area contributed by atoms with Crippen LogP contribution in [0.1, 0.15) is 29.7 Å². The van der Waals surface area contributed by atoms with Crippen molar-refractivity contribution < 1.29 is 160 Å². The third-order valence-electron chi connectivity index (χ3n) is 17.7. The smallest absolute Gasteiger partial charge is 0.326 e. The van der Waals surface area contributed by atoms with Gasteiger partial charge in [0.2, 0.25) is 15.9 Å². The van der Waals surface area contributed by atoms with Crippen molar-refractivity contribution >= 4 is 45.1 Å². The van der Waals surface area contributed by atoms with Crippen molar-refractivity contribution in [2.75, 3.05) is 365 Å². The molecule has 4 aromatic rings. The summed E-state index contributed by atoms with van der Waals surface area (Å²) in [5.74, 6) is -0.939. The van der Waals surface area contributed by atoms with Gasteiger partial charge in [0.05, 0.1) is 388 Å². The highest BCUT2D eigenvalue weighted by Crippen LogP contribution is 2.40. The predicted molar refractivity (Wildman–Crippen MR) is 462 cm³/mol. The van der Waals surface area contributed by atoms with Crippen LogP contribution in [0.3, 0.4) is 0 Å². The van der Waals surface area contributed by atoms with Crippen LogP contribution >= 0.6 is 23.2 Å². The molecule has 3 aromatic carbocycles. The molecule has 2 heterocycles. The standard InChI is InChI=1S/C85H139Cl2N5O34S/c1-98-13-14-102-17-18-104-21-22-106-25-26-108-29-30-110-33-34-112-37-38-114-41-42-116-45-46-118-49-50-120-53-54-122-57-58-123-56-55-121-52-51-119-48-47-117-44-43-115-40-39-113-36-35-111-32-31-109-28-27-107-24-23-105-20-19-103-16-15-101-12-11-91-69-77(89-90-91)71-126-62-60-124-59-61-125-70-73-64-81(99-2)83(82(65-73)100-3)74-8-6-72(7-9-74)63-79(85(94)95)88-84(93)80-5-4-10-92(80)127(96,97)78-67-75(86)66-76(87)68-78/h6-9,64-69,79-80H,4-5,10-63,70-71H2,1-3H3,(H,88,93)(H,94,95)/t79-,80-/m0/s1. The summed E-state index contributed by atoms with van der Waals surface area (Å²) >= 11 is 12.2. The van der Waals surface area contributed by atoms with E-state index in [0.29, 0.717) is 378 Å². The summed E-state index contributed by atoms with van der Waals surface area (Å²) in [6.07, 6.45) is 2.36. The lowest BCUT2D eigenvalue weighted by Crippen LogP contribution is -2.51. The number of rotatable bonds is 92. The molecule has 1 saturated heterocycles. The largest absolute Gasteiger partial charge is 0.496 e. The van der Waals surface area contributed by atoms with Gasteiger partial charge in [0.1, 0.15) is 29.3 Å². The Morgan fingerprint density at radius 3 is 1.01 bits per heavy atom. The summed E-state index contributed by atoms with van der Waals surface area (Å²) in [5, 5.41) is 21.3. The van der Waals surface area contributed by atoms with Crippen LogP contribution in [0.4, 0.5) is 0 Å². The number of carbonyl (C=O) groups is 2. The van der Waals surface area contributed by atoms with Gasteiger partial charge in [-0.1, -0.05) is 52.7 Å². The van der Waals surface area contributed by atoms with Crippen molar-refractivity contribution in [3.63, 3.8) is 0 Å². The number of aromatic nitrogens is 3. The Balaban J connectivity index is 0.667. The number of carboxylic acids is 1. The molecule has 1 fully saturated rings. The summed E-state index contributed by atoms with van der Waals surface area (Å²) in [7, 11) is 0.568. The maximum Gasteiger partial charge on any atom is 0.326 e. The summed E-state index contributed by atoms with van der Waals surface area (Å²) in [6, 6.07) is 12.3. The fourth-order valence-electron chi connectivity index (χ4n) is 11.4. The van der Waals surface area contributed by atoms with E-state index < -0.39 is 34.0 Å². The molecule has 0 spiro atoms. The average Bonchev–Trinajstić information content (AvgIpc) is 1.76. The fraction of sp³-hybridized carbons (Fsp3) is 0.741. The molecule has 0 unspecified atom stereocenters. The minimum atomic E-state index is -4.17. The number of methoxy groups -OCH3 is 3. The van der Waals surface area contributed by atoms with Crippen LogP contribution in [0.15, 0.2) is 65.7 Å². The molecule has 1 aliphatic heterocycles. The van der Waals surface area contributed by atoms with E-state index in [-0.39, 0.29) is 47.5 Å². The first-order chi connectivity index (χ1) is 62.4. The van der Waals surface area contributed by atoms with Gasteiger partial charge in [0, 0.05) is 30.1 Å². The molecule has 1 aliphatic rings. The number of aliphatic carboxylic acids is 1. The summed E-state index contributed by atoms with van der Waals surface area (Å²) < 4.78 is 191. The lowest BCUT2D eigenvalue weighted by Gasteiger charge is -2.25. The number of carboxylic acid groups (broad SMARTS) is 1. The average molecular weight is 1880 g/mol. The topological polar surface area (TPSA) is 402 Å². The van der Waals surface area contributed by atoms with Crippen molar-refractivity contribution in [3.8, 4) is 22.6 Å². The van der Waals surface area contributed by atoms with Gasteiger partial charge in [-0.05, 0) is 59.9 Å². The SMILES string of the molecule is COCCOCCOCCOCCOCCOCCOCCOCCOCCOCCOCCOCCOCCOCCOCCOCCOCCOCCOCCOCCOCCOCCOCCOCCn1cc(COCCOCCOCc2cc(OC)c(-c3ccc(C[C@H](NC(=O)[C@@H]4CCCN4S(=O)(=O)c4cc(Cl)cc(Cl)c4)C(=O)O)cc3)c(OC)c2)nn1. The quantitative estimate of drug-likeness (QED) is 0.0548. The maximum atomic E-state index is 13.6. The number of hydrogen-bond acceptors (Lipinski definition) is 35. The van der Waals surface area contributed by atoms with E-state index in [4.69, 9.17) is 161 Å². The van der Waals surface area contributed by atoms with Crippen LogP contribution in [-0.2, 0) is 174 Å². The van der Waals surface area contributed by atoms with E-state index in [9.17, 15) is 23.1 Å². The minimum Gasteiger partial charge on any atom is -0.496 e. The zero-order valence-corrected chi connectivity index (χ0v) is 76.6. The van der Waals surface area contributed by atoms with Crippen LogP contribution in [-0.4, -0.2) is 422 Å². The zero-order chi connectivity index (χ0) is 90.4. The van der Waals surface area contributed by atoms with E-state index in [1.807, 2.05) is 18.3 Å². The van der Waals surface area contributed by atoms with Gasteiger partial charge in [0.15, 0.2) is 0 Å². The number of amides is 1. The van der Waals surface area contributed by atoms with Gasteiger partial charge in [-0.25, -0.2) is 17.9 Å². The van der Waals surface area contributed by atoms with E-state index in [1.165, 1.54) is 18.2 Å². The first-order valence-electron chi connectivity index (χ1n) is 43.2. The second-order valence-electron chi connectivity index (χ2n) is 27.3. The van der Waals surface area contributed by atoms with E-state index in [0.717, 1.165) is 15.4 Å². The van der Waals surface area contributed by atoms with Crippen molar-refractivity contribution in [2.45, 2.75) is 56.0 Å². The van der Waals surface area contributed by atoms with Crippen LogP contribution in [0.25, 0.3) is 11.1 Å². The highest BCUT2D eigenvalue weighted by Gasteiger charge is 2.41. The molecule has 39 nitrogen and oxygen atoms in total. The fourth-order valence-corrected chi connectivity index (χ4v) is 13.8. The monoisotopic (exact) mass is 1880 g/mol. The first-order valence-corrected chi connectivity index (χ1v) is 45.4. The van der Waals surface area contributed by atoms with E-state index in [2.05, 4.69) is 15.6 Å². The molecular weight excluding hydrogens is 1740 g/mol. The highest BCUT2D eigenvalue weighted by atomic mass is 35.5. The van der Waals surface area contributed by atoms with Gasteiger partial charge in [-0.2, -0.15) is 4.31 Å². The minimum absolute atomic E-state index is 0.0683. The molecule has 0 radical (unpaired) electrons. The normalized spacial score (nSPS) is 13.4. The molecule has 1 aromatic heterocycles. The number of nitrogens with one attached hydrogen (secondary N) is 1. The number of benzene rings is 3. The Morgan fingerprint density at radius 2 is 0.701 bits per heavy atom. The number of carbonyl (C=O) groups excluding carboxylic acids is 1. The predicted octanol–water partition coefficient (Wildman–Crippen LogP) is 5.01. The summed E-state index contributed by atoms with van der Waals surface area (Å²) in [4.78, 5) is 25.8. The van der Waals surface area contributed by atoms with Crippen molar-refractivity contribution in [3.05, 3.63) is 87.7 Å². The Hall–Kier alpha value is -5.25. The second-order valence-corrected chi connectivity index (χ2v) is 30.1. The number of hydrogen-bond donors (Lipinski definition) is 2. The Bertz CT molecular complexity index is 3370. The van der Waals surface area contributed by atoms with Crippen LogP contribution in [0.5, 0.6) is 11.5 Å². The first kappa shape index (κ1) is 112. The van der Waals surface area contributed by atoms with Gasteiger partial charge < -0.3 is 148 Å². The molecule has 0 bridgehead atoms. The molecular formula is C85H139Cl2N5O34S. The van der Waals surface area contributed by atoms with Crippen molar-refractivity contribution in [1.29, 1.82) is 0 Å². The van der Waals surface area contributed by atoms with E-state index in [1.54, 1.807) is 50.3 Å². The van der Waals surface area contributed by atoms with Crippen LogP contribution in [0, 0.1) is 0 Å². The lowest BCUT2D eigenvalue weighted by atomic mass is 9.98. The van der Waals surface area contributed by atoms with Gasteiger partial charge in [-0.15, -0.1) is 5.10 Å². The Labute approximate surface area is 757 Å². The van der Waals surface area contributed by atoms with Gasteiger partial charge >= 0.3 is 5.97 Å². The Kier molecular flexibility index (Phi) is 69.2. The third-order valence-corrected chi connectivity index (χ3v) is 20.1. The molecule has 2 atom stereocenters. The molecule has 5 rings (SSSR count). The number of nitrogens with zero attached hydrogens (tertiary/aromatic N) is 4. The molecule has 2 N–H and O–H groups in total. The number of ether oxygens (including phenoxy) is 29. The Morgan fingerprint density at radius 1 is 0.402 bits per heavy atom. The van der Waals surface area contributed by atoms with Gasteiger partial charge in [-0.3, -0.25) is 4.79 Å². The number of sulfonamides is 1. The summed E-state index contributed by atoms with van der Waals surface area (Å²) in [6.45, 7) is 24.9. The molecule has 1 amide bonds. The molecule has 0 saturated carbocycles. The van der Waals surface area contributed by atoms with Crippen molar-refractivity contribution in [2.24, 2.45) is 0 Å². The third kappa shape index (κ3) is 57.1.